The highest BCUT2D eigenvalue weighted by molar-refractivity contribution is 7.80. The van der Waals surface area contributed by atoms with E-state index in [1.165, 1.54) is 0 Å². The third-order valence-corrected chi connectivity index (χ3v) is 3.81. The normalized spacial score (nSPS) is 32.7. The predicted octanol–water partition coefficient (Wildman–Crippen LogP) is 1.52. The summed E-state index contributed by atoms with van der Waals surface area (Å²) in [4.78, 5) is 11.9. The number of fused-ring (bicyclic) bond motifs is 4. The van der Waals surface area contributed by atoms with Gasteiger partial charge in [-0.25, -0.2) is 0 Å². The van der Waals surface area contributed by atoms with Gasteiger partial charge in [0.05, 0.1) is 6.04 Å². The molecule has 1 aromatic carbocycles. The number of nitrogens with one attached hydrogen (secondary N) is 2. The van der Waals surface area contributed by atoms with Crippen molar-refractivity contribution >= 4 is 23.1 Å². The van der Waals surface area contributed by atoms with Crippen LogP contribution in [0.5, 0.6) is 5.75 Å². The minimum Gasteiger partial charge on any atom is -0.467 e. The van der Waals surface area contributed by atoms with Crippen molar-refractivity contribution in [3.8, 4) is 5.75 Å². The fourth-order valence-electron chi connectivity index (χ4n) is 2.91. The lowest BCUT2D eigenvalue weighted by Crippen LogP contribution is -2.69. The second kappa shape index (κ2) is 3.68. The molecule has 0 aromatic heterocycles. The number of ether oxygens (including phenoxy) is 1. The van der Waals surface area contributed by atoms with Crippen LogP contribution in [0, 0.1) is 5.92 Å². The number of Topliss-reactive ketones (excluding diaryl/α,β-unsaturated/α-hetero) is 1. The van der Waals surface area contributed by atoms with Gasteiger partial charge in [0.2, 0.25) is 0 Å². The molecule has 0 aliphatic carbocycles. The van der Waals surface area contributed by atoms with Crippen molar-refractivity contribution in [3.63, 3.8) is 0 Å². The summed E-state index contributed by atoms with van der Waals surface area (Å²) in [5.41, 5.74) is 0.215. The van der Waals surface area contributed by atoms with Crippen LogP contribution in [0.4, 0.5) is 0 Å². The molecule has 2 heterocycles. The number of benzene rings is 1. The quantitative estimate of drug-likeness (QED) is 0.752. The average Bonchev–Trinajstić information content (AvgIpc) is 2.26. The SMILES string of the molecule is CC(=O)C1C2NC(=S)NC1(C)Oc1ccccc12. The number of carbonyl (C=O) groups is 1. The highest BCUT2D eigenvalue weighted by Gasteiger charge is 2.53. The Balaban J connectivity index is 2.17. The van der Waals surface area contributed by atoms with Gasteiger partial charge in [-0.1, -0.05) is 18.2 Å². The Morgan fingerprint density at radius 1 is 1.44 bits per heavy atom. The van der Waals surface area contributed by atoms with Crippen molar-refractivity contribution in [2.45, 2.75) is 25.6 Å². The Kier molecular flexibility index (Phi) is 2.35. The lowest BCUT2D eigenvalue weighted by atomic mass is 9.78. The van der Waals surface area contributed by atoms with Crippen molar-refractivity contribution in [3.05, 3.63) is 29.8 Å². The molecule has 0 spiro atoms. The maximum absolute atomic E-state index is 11.9. The Bertz CT molecular complexity index is 546. The summed E-state index contributed by atoms with van der Waals surface area (Å²) >= 11 is 5.19. The lowest BCUT2D eigenvalue weighted by Gasteiger charge is -2.50. The summed E-state index contributed by atoms with van der Waals surface area (Å²) < 4.78 is 5.98. The minimum absolute atomic E-state index is 0.0829. The highest BCUT2D eigenvalue weighted by Crippen LogP contribution is 2.44. The van der Waals surface area contributed by atoms with E-state index in [0.717, 1.165) is 11.3 Å². The van der Waals surface area contributed by atoms with Crippen molar-refractivity contribution in [2.24, 2.45) is 5.92 Å². The van der Waals surface area contributed by atoms with Crippen molar-refractivity contribution in [1.29, 1.82) is 0 Å². The van der Waals surface area contributed by atoms with E-state index in [9.17, 15) is 4.79 Å². The van der Waals surface area contributed by atoms with Crippen molar-refractivity contribution < 1.29 is 9.53 Å². The first-order valence-electron chi connectivity index (χ1n) is 5.88. The first-order chi connectivity index (χ1) is 8.51. The van der Waals surface area contributed by atoms with Crippen molar-refractivity contribution in [2.75, 3.05) is 0 Å². The summed E-state index contributed by atoms with van der Waals surface area (Å²) in [6.45, 7) is 3.46. The Labute approximate surface area is 111 Å². The van der Waals surface area contributed by atoms with E-state index in [0.29, 0.717) is 5.11 Å². The maximum Gasteiger partial charge on any atom is 0.191 e. The maximum atomic E-state index is 11.9. The standard InChI is InChI=1S/C13H14N2O2S/c1-7(16)10-11-8-5-3-4-6-9(8)17-13(10,2)15-12(18)14-11/h3-6,10-11H,1-2H3,(H2,14,15,18). The number of hydrogen-bond donors (Lipinski definition) is 2. The van der Waals surface area contributed by atoms with Crippen molar-refractivity contribution in [1.82, 2.24) is 10.6 Å². The Morgan fingerprint density at radius 2 is 2.17 bits per heavy atom. The summed E-state index contributed by atoms with van der Waals surface area (Å²) in [6, 6.07) is 7.62. The Hall–Kier alpha value is -1.62. The third kappa shape index (κ3) is 1.50. The molecule has 4 nitrogen and oxygen atoms in total. The van der Waals surface area contributed by atoms with Gasteiger partial charge >= 0.3 is 0 Å². The third-order valence-electron chi connectivity index (χ3n) is 3.59. The summed E-state index contributed by atoms with van der Waals surface area (Å²) in [7, 11) is 0. The molecule has 1 fully saturated rings. The topological polar surface area (TPSA) is 50.4 Å². The van der Waals surface area contributed by atoms with E-state index in [1.807, 2.05) is 31.2 Å². The van der Waals surface area contributed by atoms with E-state index in [1.54, 1.807) is 6.92 Å². The smallest absolute Gasteiger partial charge is 0.191 e. The molecule has 94 valence electrons. The molecule has 3 rings (SSSR count). The van der Waals surface area contributed by atoms with Gasteiger partial charge in [-0.05, 0) is 32.1 Å². The number of thiocarbonyl (C=S) groups is 1. The monoisotopic (exact) mass is 262 g/mol. The number of carbonyl (C=O) groups excluding carboxylic acids is 1. The van der Waals surface area contributed by atoms with Gasteiger partial charge in [-0.2, -0.15) is 0 Å². The number of ketones is 1. The van der Waals surface area contributed by atoms with Gasteiger partial charge in [0.15, 0.2) is 10.8 Å². The molecule has 0 amide bonds. The molecule has 2 bridgehead atoms. The average molecular weight is 262 g/mol. The molecular weight excluding hydrogens is 248 g/mol. The molecule has 0 radical (unpaired) electrons. The fourth-order valence-corrected chi connectivity index (χ4v) is 3.24. The van der Waals surface area contributed by atoms with Crippen LogP contribution in [0.15, 0.2) is 24.3 Å². The zero-order valence-corrected chi connectivity index (χ0v) is 11.0. The van der Waals surface area contributed by atoms with Crippen LogP contribution in [0.2, 0.25) is 0 Å². The lowest BCUT2D eigenvalue weighted by molar-refractivity contribution is -0.133. The first kappa shape index (κ1) is 11.5. The molecule has 2 aliphatic heterocycles. The summed E-state index contributed by atoms with van der Waals surface area (Å²) in [5.74, 6) is 0.587. The Morgan fingerprint density at radius 3 is 2.89 bits per heavy atom. The summed E-state index contributed by atoms with van der Waals surface area (Å²) in [5, 5.41) is 6.78. The van der Waals surface area contributed by atoms with E-state index < -0.39 is 5.72 Å². The summed E-state index contributed by atoms with van der Waals surface area (Å²) in [6.07, 6.45) is 0. The van der Waals surface area contributed by atoms with E-state index >= 15 is 0 Å². The predicted molar refractivity (Wildman–Crippen MR) is 71.3 cm³/mol. The van der Waals surface area contributed by atoms with E-state index in [-0.39, 0.29) is 17.7 Å². The zero-order valence-electron chi connectivity index (χ0n) is 10.2. The second-order valence-electron chi connectivity index (χ2n) is 4.91. The highest BCUT2D eigenvalue weighted by atomic mass is 32.1. The number of para-hydroxylation sites is 1. The van der Waals surface area contributed by atoms with Crippen LogP contribution < -0.4 is 15.4 Å². The van der Waals surface area contributed by atoms with Gasteiger partial charge in [0.1, 0.15) is 17.5 Å². The van der Waals surface area contributed by atoms with Crippen LogP contribution in [-0.4, -0.2) is 16.6 Å². The van der Waals surface area contributed by atoms with Gasteiger partial charge in [0.25, 0.3) is 0 Å². The van der Waals surface area contributed by atoms with Crippen LogP contribution >= 0.6 is 12.2 Å². The van der Waals surface area contributed by atoms with Crippen LogP contribution in [0.3, 0.4) is 0 Å². The molecule has 5 heteroatoms. The molecule has 0 saturated carbocycles. The fraction of sp³-hybridized carbons (Fsp3) is 0.385. The molecule has 1 saturated heterocycles. The van der Waals surface area contributed by atoms with E-state index in [4.69, 9.17) is 17.0 Å². The minimum atomic E-state index is -0.771. The number of rotatable bonds is 1. The molecule has 3 unspecified atom stereocenters. The van der Waals surface area contributed by atoms with Crippen LogP contribution in [0.1, 0.15) is 25.5 Å². The number of hydrogen-bond acceptors (Lipinski definition) is 3. The molecule has 2 aliphatic rings. The van der Waals surface area contributed by atoms with Crippen LogP contribution in [-0.2, 0) is 4.79 Å². The first-order valence-corrected chi connectivity index (χ1v) is 6.29. The molecular formula is C13H14N2O2S. The van der Waals surface area contributed by atoms with Gasteiger partial charge < -0.3 is 15.4 Å². The van der Waals surface area contributed by atoms with Gasteiger partial charge in [-0.15, -0.1) is 0 Å². The molecule has 2 N–H and O–H groups in total. The van der Waals surface area contributed by atoms with Crippen LogP contribution in [0.25, 0.3) is 0 Å². The molecule has 18 heavy (non-hydrogen) atoms. The van der Waals surface area contributed by atoms with E-state index in [2.05, 4.69) is 10.6 Å². The van der Waals surface area contributed by atoms with Gasteiger partial charge in [0, 0.05) is 5.56 Å². The molecule has 3 atom stereocenters. The molecule has 1 aromatic rings. The second-order valence-corrected chi connectivity index (χ2v) is 5.32. The van der Waals surface area contributed by atoms with Gasteiger partial charge in [-0.3, -0.25) is 4.79 Å². The zero-order chi connectivity index (χ0) is 12.9. The largest absolute Gasteiger partial charge is 0.467 e.